The van der Waals surface area contributed by atoms with Crippen LogP contribution in [0.3, 0.4) is 0 Å². The van der Waals surface area contributed by atoms with E-state index in [9.17, 15) is 29.2 Å². The normalized spacial score (nSPS) is 13.3. The number of carboxylic acid groups (broad SMARTS) is 3. The predicted molar refractivity (Wildman–Crippen MR) is 377 cm³/mol. The predicted octanol–water partition coefficient (Wildman–Crippen LogP) is 21.8. The standard InChI is InChI=1S/C37H61NO4.C21H40O2.C12H16N4O4.C8H8/c1-4-5-6-7-8-9-10-11-12-13-14-15-16-17-18-22-29-42-36(41)32(2)25-26-34(33-23-20-19-21-24-33)30-37(3,31-38)28-27-35(39)40;1-3-5-6-7-8-9-10-11-12-13-14-15-16-17-18-19-20-23-21(22)4-2;1-11(7-13,5-3-9(17)18)15-16-12(2,8-14)6-4-10(19)20;1-2-8-6-4-3-5-7-8/h19-21,23-24,32,34H,4-18,22,25-30H2,1-3H3,(H,39,40);4H,2-3,5-20H2,1H3;3-6H2,1-2H3,(H,17,18)(H,19,20);2-7H,1H2. The maximum absolute atomic E-state index is 12.6. The molecule has 0 aliphatic carbocycles. The van der Waals surface area contributed by atoms with Crippen molar-refractivity contribution in [2.24, 2.45) is 21.6 Å². The second kappa shape index (κ2) is 60.3. The fourth-order valence-corrected chi connectivity index (χ4v) is 10.4. The van der Waals surface area contributed by atoms with Crippen molar-refractivity contribution in [3.8, 4) is 18.2 Å². The van der Waals surface area contributed by atoms with Gasteiger partial charge < -0.3 is 24.8 Å². The highest BCUT2D eigenvalue weighted by molar-refractivity contribution is 5.81. The first-order valence-electron chi connectivity index (χ1n) is 35.7. The minimum Gasteiger partial charge on any atom is -0.481 e. The highest BCUT2D eigenvalue weighted by Crippen LogP contribution is 2.38. The molecule has 5 unspecified atom stereocenters. The van der Waals surface area contributed by atoms with Crippen molar-refractivity contribution in [2.75, 3.05) is 13.2 Å². The van der Waals surface area contributed by atoms with Crippen LogP contribution >= 0.6 is 0 Å². The van der Waals surface area contributed by atoms with Gasteiger partial charge in [-0.05, 0) is 89.2 Å². The molecule has 15 nitrogen and oxygen atoms in total. The average Bonchev–Trinajstić information content (AvgIpc) is 1.02. The number of carbonyl (C=O) groups is 5. The number of hydrogen-bond acceptors (Lipinski definition) is 12. The van der Waals surface area contributed by atoms with Crippen LogP contribution in [0.15, 0.2) is 90.1 Å². The number of rotatable bonds is 54. The zero-order chi connectivity index (χ0) is 69.5. The van der Waals surface area contributed by atoms with Crippen LogP contribution in [0.4, 0.5) is 0 Å². The molecule has 0 amide bonds. The third kappa shape index (κ3) is 55.5. The van der Waals surface area contributed by atoms with E-state index >= 15 is 0 Å². The lowest BCUT2D eigenvalue weighted by molar-refractivity contribution is -0.148. The summed E-state index contributed by atoms with van der Waals surface area (Å²) >= 11 is 0. The zero-order valence-corrected chi connectivity index (χ0v) is 58.8. The molecule has 0 heterocycles. The van der Waals surface area contributed by atoms with Crippen molar-refractivity contribution in [3.05, 3.63) is 91.0 Å². The smallest absolute Gasteiger partial charge is 0.330 e. The summed E-state index contributed by atoms with van der Waals surface area (Å²) in [5.41, 5.74) is -1.12. The molecule has 0 saturated carbocycles. The van der Waals surface area contributed by atoms with Gasteiger partial charge in [0.2, 0.25) is 0 Å². The molecular weight excluding hydrogens is 1170 g/mol. The number of benzene rings is 2. The first kappa shape index (κ1) is 88.4. The molecule has 0 aromatic heterocycles. The van der Waals surface area contributed by atoms with E-state index in [4.69, 9.17) is 35.3 Å². The summed E-state index contributed by atoms with van der Waals surface area (Å²) in [5.74, 6) is -3.56. The number of nitriles is 3. The number of hydrogen-bond donors (Lipinski definition) is 3. The second-order valence-corrected chi connectivity index (χ2v) is 25.9. The molecule has 0 aliphatic heterocycles. The van der Waals surface area contributed by atoms with Gasteiger partial charge in [-0.2, -0.15) is 26.0 Å². The van der Waals surface area contributed by atoms with Gasteiger partial charge >= 0.3 is 29.8 Å². The Balaban J connectivity index is 0. The van der Waals surface area contributed by atoms with E-state index in [0.717, 1.165) is 31.2 Å². The summed E-state index contributed by atoms with van der Waals surface area (Å²) < 4.78 is 10.5. The molecule has 0 fully saturated rings. The van der Waals surface area contributed by atoms with Crippen molar-refractivity contribution in [1.82, 2.24) is 0 Å². The Bertz CT molecular complexity index is 2350. The third-order valence-corrected chi connectivity index (χ3v) is 16.8. The van der Waals surface area contributed by atoms with Crippen LogP contribution in [-0.4, -0.2) is 69.5 Å². The van der Waals surface area contributed by atoms with Crippen molar-refractivity contribution in [2.45, 2.75) is 322 Å². The van der Waals surface area contributed by atoms with Gasteiger partial charge in [-0.3, -0.25) is 19.2 Å². The Morgan fingerprint density at radius 2 is 0.817 bits per heavy atom. The van der Waals surface area contributed by atoms with Gasteiger partial charge in [0.1, 0.15) is 0 Å². The minimum atomic E-state index is -1.35. The summed E-state index contributed by atoms with van der Waals surface area (Å²) in [6.07, 6.45) is 47.7. The van der Waals surface area contributed by atoms with Crippen molar-refractivity contribution >= 4 is 35.9 Å². The molecule has 2 aromatic carbocycles. The van der Waals surface area contributed by atoms with Gasteiger partial charge in [-0.15, -0.1) is 0 Å². The second-order valence-electron chi connectivity index (χ2n) is 25.9. The Labute approximate surface area is 563 Å². The first-order valence-corrected chi connectivity index (χ1v) is 35.7. The number of carbonyl (C=O) groups excluding carboxylic acids is 2. The zero-order valence-electron chi connectivity index (χ0n) is 58.8. The van der Waals surface area contributed by atoms with E-state index < -0.39 is 34.4 Å². The van der Waals surface area contributed by atoms with Crippen LogP contribution in [0.2, 0.25) is 0 Å². The van der Waals surface area contributed by atoms with Crippen LogP contribution in [-0.2, 0) is 33.4 Å². The van der Waals surface area contributed by atoms with E-state index in [-0.39, 0.29) is 55.9 Å². The highest BCUT2D eigenvalue weighted by atomic mass is 16.5. The molecule has 2 aromatic rings. The first-order chi connectivity index (χ1) is 44.7. The van der Waals surface area contributed by atoms with Crippen LogP contribution in [0.1, 0.15) is 322 Å². The quantitative estimate of drug-likeness (QED) is 0.0241. The molecule has 0 radical (unpaired) electrons. The van der Waals surface area contributed by atoms with Crippen LogP contribution in [0, 0.1) is 45.3 Å². The van der Waals surface area contributed by atoms with Crippen molar-refractivity contribution in [1.29, 1.82) is 15.8 Å². The average molecular weight is 1290 g/mol. The number of unbranched alkanes of at least 4 members (excludes halogenated alkanes) is 30. The lowest BCUT2D eigenvalue weighted by Gasteiger charge is -2.28. The van der Waals surface area contributed by atoms with Gasteiger partial charge in [-0.25, -0.2) is 4.79 Å². The molecule has 15 heteroatoms. The number of aliphatic carboxylic acids is 3. The Kier molecular flexibility index (Phi) is 57.3. The van der Waals surface area contributed by atoms with Gasteiger partial charge in [0.05, 0.1) is 42.8 Å². The number of esters is 2. The molecule has 522 valence electrons. The summed E-state index contributed by atoms with van der Waals surface area (Å²) in [5, 5.41) is 61.6. The molecule has 3 N–H and O–H groups in total. The number of carboxylic acids is 3. The molecule has 2 rings (SSSR count). The summed E-state index contributed by atoms with van der Waals surface area (Å²) in [6.45, 7) is 19.2. The molecule has 0 bridgehead atoms. The molecular formula is C78H125N5O10. The van der Waals surface area contributed by atoms with Crippen LogP contribution in [0.5, 0.6) is 0 Å². The van der Waals surface area contributed by atoms with Crippen molar-refractivity contribution in [3.63, 3.8) is 0 Å². The number of ether oxygens (including phenoxy) is 2. The van der Waals surface area contributed by atoms with Gasteiger partial charge in [-0.1, -0.05) is 293 Å². The van der Waals surface area contributed by atoms with Crippen molar-refractivity contribution < 1.29 is 48.8 Å². The topological polar surface area (TPSA) is 261 Å². The summed E-state index contributed by atoms with van der Waals surface area (Å²) in [4.78, 5) is 55.6. The van der Waals surface area contributed by atoms with Crippen LogP contribution < -0.4 is 0 Å². The maximum atomic E-state index is 12.6. The molecule has 5 atom stereocenters. The maximum Gasteiger partial charge on any atom is 0.330 e. The third-order valence-electron chi connectivity index (χ3n) is 16.8. The Hall–Kier alpha value is -6.66. The molecule has 0 spiro atoms. The van der Waals surface area contributed by atoms with E-state index in [0.29, 0.717) is 32.5 Å². The molecule has 0 aliphatic rings. The van der Waals surface area contributed by atoms with Gasteiger partial charge in [0.25, 0.3) is 0 Å². The number of nitrogens with zero attached hydrogens (tertiary/aromatic N) is 5. The fraction of sp³-hybridized carbons (Fsp3) is 0.692. The summed E-state index contributed by atoms with van der Waals surface area (Å²) in [6, 6.07) is 26.1. The lowest BCUT2D eigenvalue weighted by Crippen LogP contribution is -2.25. The fourth-order valence-electron chi connectivity index (χ4n) is 10.4. The largest absolute Gasteiger partial charge is 0.481 e. The van der Waals surface area contributed by atoms with Gasteiger partial charge in [0, 0.05) is 25.3 Å². The number of azo groups is 1. The molecule has 93 heavy (non-hydrogen) atoms. The molecule has 0 saturated heterocycles. The van der Waals surface area contributed by atoms with E-state index in [1.807, 2.05) is 80.6 Å². The van der Waals surface area contributed by atoms with Crippen LogP contribution in [0.25, 0.3) is 6.08 Å². The van der Waals surface area contributed by atoms with E-state index in [2.05, 4.69) is 55.4 Å². The van der Waals surface area contributed by atoms with E-state index in [1.54, 1.807) is 0 Å². The minimum absolute atomic E-state index is 0.0202. The monoisotopic (exact) mass is 1290 g/mol. The SMILES string of the molecule is C=CC(=O)OCCCCCCCCCCCCCCCCCC.C=Cc1ccccc1.CC(C#N)(CCC(=O)O)N=NC(C)(C#N)CCC(=O)O.CCCCCCCCCCCCCCCCCCOC(=O)C(C)CCC(CC(C)(C#N)CCC(=O)O)c1ccccc1. The van der Waals surface area contributed by atoms with Gasteiger partial charge in [0.15, 0.2) is 11.1 Å². The highest BCUT2D eigenvalue weighted by Gasteiger charge is 2.31. The Morgan fingerprint density at radius 1 is 0.484 bits per heavy atom. The Morgan fingerprint density at radius 3 is 1.13 bits per heavy atom. The summed E-state index contributed by atoms with van der Waals surface area (Å²) in [7, 11) is 0. The lowest BCUT2D eigenvalue weighted by atomic mass is 9.74. The van der Waals surface area contributed by atoms with E-state index in [1.165, 1.54) is 212 Å².